The molecule has 2 rings (SSSR count). The zero-order valence-corrected chi connectivity index (χ0v) is 10.6. The van der Waals surface area contributed by atoms with E-state index in [0.29, 0.717) is 0 Å². The molecular weight excluding hydrogens is 218 g/mol. The van der Waals surface area contributed by atoms with Gasteiger partial charge in [0.25, 0.3) is 0 Å². The Morgan fingerprint density at radius 3 is 2.88 bits per heavy atom. The molecule has 0 atom stereocenters. The summed E-state index contributed by atoms with van der Waals surface area (Å²) in [5.74, 6) is 0. The molecule has 0 aliphatic heterocycles. The zero-order valence-electron chi connectivity index (χ0n) is 9.77. The van der Waals surface area contributed by atoms with Crippen molar-refractivity contribution in [3.8, 4) is 10.6 Å². The summed E-state index contributed by atoms with van der Waals surface area (Å²) in [4.78, 5) is 10.9. The van der Waals surface area contributed by atoms with Gasteiger partial charge in [0.1, 0.15) is 10.0 Å². The normalized spacial score (nSPS) is 10.4. The van der Waals surface area contributed by atoms with Gasteiger partial charge in [-0.1, -0.05) is 11.3 Å². The second-order valence-electron chi connectivity index (χ2n) is 3.67. The number of aromatic nitrogens is 2. The first-order valence-electron chi connectivity index (χ1n) is 5.31. The molecule has 0 unspecified atom stereocenters. The molecule has 0 aliphatic rings. The van der Waals surface area contributed by atoms with E-state index in [1.54, 1.807) is 17.5 Å². The molecule has 3 nitrogen and oxygen atoms in total. The smallest absolute Gasteiger partial charge is 0.127 e. The fourth-order valence-corrected chi connectivity index (χ4v) is 2.58. The van der Waals surface area contributed by atoms with Gasteiger partial charge in [0.2, 0.25) is 0 Å². The SMILES string of the molecule is CCN(C)c1sc(-c2cccnc2)nc1C. The monoisotopic (exact) mass is 233 g/mol. The number of rotatable bonds is 3. The van der Waals surface area contributed by atoms with Gasteiger partial charge in [-0.2, -0.15) is 0 Å². The van der Waals surface area contributed by atoms with Crippen molar-refractivity contribution < 1.29 is 0 Å². The van der Waals surface area contributed by atoms with E-state index in [2.05, 4.69) is 35.8 Å². The van der Waals surface area contributed by atoms with Crippen LogP contribution in [0, 0.1) is 6.92 Å². The molecule has 2 aromatic heterocycles. The van der Waals surface area contributed by atoms with Crippen LogP contribution in [0.15, 0.2) is 24.5 Å². The Bertz CT molecular complexity index is 464. The first kappa shape index (κ1) is 11.1. The summed E-state index contributed by atoms with van der Waals surface area (Å²) < 4.78 is 0. The first-order chi connectivity index (χ1) is 7.72. The van der Waals surface area contributed by atoms with E-state index in [1.807, 2.05) is 18.3 Å². The third-order valence-corrected chi connectivity index (χ3v) is 3.82. The number of hydrogen-bond acceptors (Lipinski definition) is 4. The van der Waals surface area contributed by atoms with Crippen LogP contribution in [-0.2, 0) is 0 Å². The van der Waals surface area contributed by atoms with Gasteiger partial charge >= 0.3 is 0 Å². The fourth-order valence-electron chi connectivity index (χ4n) is 1.50. The predicted octanol–water partition coefficient (Wildman–Crippen LogP) is 2.97. The van der Waals surface area contributed by atoms with Crippen LogP contribution in [-0.4, -0.2) is 23.6 Å². The summed E-state index contributed by atoms with van der Waals surface area (Å²) in [6.45, 7) is 5.19. The number of thiazole rings is 1. The fraction of sp³-hybridized carbons (Fsp3) is 0.333. The van der Waals surface area contributed by atoms with Crippen LogP contribution in [0.25, 0.3) is 10.6 Å². The van der Waals surface area contributed by atoms with Gasteiger partial charge in [0.05, 0.1) is 5.69 Å². The highest BCUT2D eigenvalue weighted by Crippen LogP contribution is 2.33. The second-order valence-corrected chi connectivity index (χ2v) is 4.64. The maximum atomic E-state index is 4.59. The molecule has 2 aromatic rings. The van der Waals surface area contributed by atoms with E-state index in [0.717, 1.165) is 22.8 Å². The molecule has 0 radical (unpaired) electrons. The van der Waals surface area contributed by atoms with Crippen LogP contribution in [0.4, 0.5) is 5.00 Å². The highest BCUT2D eigenvalue weighted by molar-refractivity contribution is 7.19. The molecule has 0 aliphatic carbocycles. The molecule has 84 valence electrons. The van der Waals surface area contributed by atoms with Gasteiger partial charge in [-0.05, 0) is 26.0 Å². The third-order valence-electron chi connectivity index (χ3n) is 2.50. The number of hydrogen-bond donors (Lipinski definition) is 0. The standard InChI is InChI=1S/C12H15N3S/c1-4-15(3)12-9(2)14-11(16-12)10-6-5-7-13-8-10/h5-8H,4H2,1-3H3. The highest BCUT2D eigenvalue weighted by Gasteiger charge is 2.11. The lowest BCUT2D eigenvalue weighted by Gasteiger charge is -2.13. The van der Waals surface area contributed by atoms with Crippen LogP contribution in [0.5, 0.6) is 0 Å². The van der Waals surface area contributed by atoms with E-state index in [4.69, 9.17) is 0 Å². The van der Waals surface area contributed by atoms with Crippen LogP contribution in [0.1, 0.15) is 12.6 Å². The quantitative estimate of drug-likeness (QED) is 0.816. The molecule has 16 heavy (non-hydrogen) atoms. The van der Waals surface area contributed by atoms with Crippen molar-refractivity contribution in [3.63, 3.8) is 0 Å². The van der Waals surface area contributed by atoms with Crippen molar-refractivity contribution in [2.75, 3.05) is 18.5 Å². The third kappa shape index (κ3) is 2.07. The summed E-state index contributed by atoms with van der Waals surface area (Å²) in [5, 5.41) is 2.28. The Balaban J connectivity index is 2.38. The summed E-state index contributed by atoms with van der Waals surface area (Å²) in [6.07, 6.45) is 3.64. The minimum atomic E-state index is 0.996. The number of aryl methyl sites for hydroxylation is 1. The Hall–Kier alpha value is -1.42. The molecule has 4 heteroatoms. The lowest BCUT2D eigenvalue weighted by Crippen LogP contribution is -2.15. The van der Waals surface area contributed by atoms with Crippen molar-refractivity contribution in [3.05, 3.63) is 30.2 Å². The Morgan fingerprint density at radius 1 is 1.44 bits per heavy atom. The predicted molar refractivity (Wildman–Crippen MR) is 69.0 cm³/mol. The molecule has 0 fully saturated rings. The first-order valence-corrected chi connectivity index (χ1v) is 6.13. The van der Waals surface area contributed by atoms with E-state index in [1.165, 1.54) is 5.00 Å². The molecule has 0 saturated carbocycles. The van der Waals surface area contributed by atoms with Gasteiger partial charge in [0.15, 0.2) is 0 Å². The number of pyridine rings is 1. The Labute approximate surface area is 99.8 Å². The maximum absolute atomic E-state index is 4.59. The van der Waals surface area contributed by atoms with E-state index in [-0.39, 0.29) is 0 Å². The second kappa shape index (κ2) is 4.61. The largest absolute Gasteiger partial charge is 0.365 e. The van der Waals surface area contributed by atoms with Gasteiger partial charge in [0, 0.05) is 31.5 Å². The molecule has 0 bridgehead atoms. The minimum Gasteiger partial charge on any atom is -0.365 e. The van der Waals surface area contributed by atoms with Gasteiger partial charge in [-0.15, -0.1) is 0 Å². The molecule has 0 N–H and O–H groups in total. The number of nitrogens with zero attached hydrogens (tertiary/aromatic N) is 3. The summed E-state index contributed by atoms with van der Waals surface area (Å²) in [5.41, 5.74) is 2.18. The summed E-state index contributed by atoms with van der Waals surface area (Å²) in [7, 11) is 2.09. The van der Waals surface area contributed by atoms with Crippen LogP contribution < -0.4 is 4.90 Å². The van der Waals surface area contributed by atoms with Crippen molar-refractivity contribution in [2.24, 2.45) is 0 Å². The molecule has 0 amide bonds. The molecule has 0 aromatic carbocycles. The molecule has 0 spiro atoms. The van der Waals surface area contributed by atoms with Gasteiger partial charge in [-0.25, -0.2) is 4.98 Å². The Kier molecular flexibility index (Phi) is 3.19. The minimum absolute atomic E-state index is 0.996. The van der Waals surface area contributed by atoms with Gasteiger partial charge in [-0.3, -0.25) is 4.98 Å². The average Bonchev–Trinajstić information content (AvgIpc) is 2.71. The van der Waals surface area contributed by atoms with Crippen molar-refractivity contribution in [2.45, 2.75) is 13.8 Å². The maximum Gasteiger partial charge on any atom is 0.127 e. The molecular formula is C12H15N3S. The molecule has 0 saturated heterocycles. The zero-order chi connectivity index (χ0) is 11.5. The van der Waals surface area contributed by atoms with Crippen molar-refractivity contribution >= 4 is 16.3 Å². The summed E-state index contributed by atoms with van der Waals surface area (Å²) >= 11 is 1.72. The lowest BCUT2D eigenvalue weighted by atomic mass is 10.3. The topological polar surface area (TPSA) is 29.0 Å². The number of anilines is 1. The van der Waals surface area contributed by atoms with Crippen LogP contribution in [0.2, 0.25) is 0 Å². The van der Waals surface area contributed by atoms with Crippen LogP contribution in [0.3, 0.4) is 0 Å². The van der Waals surface area contributed by atoms with Gasteiger partial charge < -0.3 is 4.90 Å². The highest BCUT2D eigenvalue weighted by atomic mass is 32.1. The Morgan fingerprint density at radius 2 is 2.25 bits per heavy atom. The van der Waals surface area contributed by atoms with Crippen molar-refractivity contribution in [1.29, 1.82) is 0 Å². The van der Waals surface area contributed by atoms with Crippen LogP contribution >= 0.6 is 11.3 Å². The van der Waals surface area contributed by atoms with Crippen molar-refractivity contribution in [1.82, 2.24) is 9.97 Å². The van der Waals surface area contributed by atoms with E-state index in [9.17, 15) is 0 Å². The lowest BCUT2D eigenvalue weighted by molar-refractivity contribution is 0.969. The van der Waals surface area contributed by atoms with E-state index >= 15 is 0 Å². The summed E-state index contributed by atoms with van der Waals surface area (Å²) in [6, 6.07) is 3.98. The van der Waals surface area contributed by atoms with E-state index < -0.39 is 0 Å². The molecule has 2 heterocycles. The average molecular weight is 233 g/mol.